The second-order valence-electron chi connectivity index (χ2n) is 11.9. The second-order valence-corrected chi connectivity index (χ2v) is 12.5. The predicted molar refractivity (Wildman–Crippen MR) is 165 cm³/mol. The van der Waals surface area contributed by atoms with E-state index in [1.54, 1.807) is 5.57 Å². The summed E-state index contributed by atoms with van der Waals surface area (Å²) in [4.78, 5) is 0.933. The van der Waals surface area contributed by atoms with Crippen LogP contribution < -0.4 is 0 Å². The Morgan fingerprint density at radius 3 is 2.54 bits per heavy atom. The van der Waals surface area contributed by atoms with Gasteiger partial charge in [0.15, 0.2) is 0 Å². The summed E-state index contributed by atoms with van der Waals surface area (Å²) < 4.78 is 0. The Balaban J connectivity index is 1.67. The van der Waals surface area contributed by atoms with Crippen molar-refractivity contribution in [2.45, 2.75) is 72.1 Å². The summed E-state index contributed by atoms with van der Waals surface area (Å²) in [5, 5.41) is 0. The Hall–Kier alpha value is -2.21. The SMILES string of the molecule is C=CC(CC1CC2=C(C=CC2)C(C2=C=CC2)(C2C=CC2)C1=C)C(=C)C(CC(=C)S)C(C)(CC)C/C=C\C. The van der Waals surface area contributed by atoms with Crippen molar-refractivity contribution >= 4 is 12.6 Å². The average molecular weight is 511 g/mol. The molecule has 0 aliphatic heterocycles. The molecule has 4 aliphatic carbocycles. The quantitative estimate of drug-likeness (QED) is 0.142. The first-order valence-corrected chi connectivity index (χ1v) is 14.7. The third-order valence-corrected chi connectivity index (χ3v) is 10.2. The zero-order valence-corrected chi connectivity index (χ0v) is 24.3. The Labute approximate surface area is 232 Å². The number of rotatable bonds is 13. The zero-order valence-electron chi connectivity index (χ0n) is 23.4. The summed E-state index contributed by atoms with van der Waals surface area (Å²) >= 11 is 4.65. The van der Waals surface area contributed by atoms with Gasteiger partial charge in [-0.15, -0.1) is 24.9 Å². The summed E-state index contributed by atoms with van der Waals surface area (Å²) in [5.41, 5.74) is 10.9. The molecule has 4 aliphatic rings. The van der Waals surface area contributed by atoms with Crippen LogP contribution in [0.5, 0.6) is 0 Å². The minimum Gasteiger partial charge on any atom is -0.148 e. The van der Waals surface area contributed by atoms with Crippen LogP contribution in [0.3, 0.4) is 0 Å². The van der Waals surface area contributed by atoms with E-state index in [4.69, 9.17) is 13.2 Å². The third-order valence-electron chi connectivity index (χ3n) is 9.98. The Bertz CT molecular complexity index is 1160. The first-order valence-electron chi connectivity index (χ1n) is 14.2. The van der Waals surface area contributed by atoms with Crippen LogP contribution in [-0.2, 0) is 0 Å². The van der Waals surface area contributed by atoms with E-state index in [-0.39, 0.29) is 16.7 Å². The van der Waals surface area contributed by atoms with E-state index in [9.17, 15) is 0 Å². The standard InChI is InChI=1S/C36H46S/c1-8-11-21-35(7,10-3)34(22-25(4)37)26(5)28(9-2)23-30-24-29-15-12-20-33(29)36(27(30)6,31-16-13-17-31)32-18-14-19-32/h8-9,11-14,16,20,28,30-31,34,37H,2,4-6,10,15,17-18,21-24H2,1,3,7H3/b11-8-. The Kier molecular flexibility index (Phi) is 8.47. The molecule has 6 unspecified atom stereocenters. The van der Waals surface area contributed by atoms with E-state index in [0.717, 1.165) is 56.3 Å². The van der Waals surface area contributed by atoms with E-state index >= 15 is 0 Å². The number of hydrogen-bond acceptors (Lipinski definition) is 1. The van der Waals surface area contributed by atoms with Crippen molar-refractivity contribution in [2.24, 2.45) is 34.5 Å². The molecular weight excluding hydrogens is 464 g/mol. The number of thiol groups is 1. The molecule has 0 aromatic carbocycles. The largest absolute Gasteiger partial charge is 0.148 e. The van der Waals surface area contributed by atoms with Crippen molar-refractivity contribution in [2.75, 3.05) is 0 Å². The van der Waals surface area contributed by atoms with Gasteiger partial charge in [0, 0.05) is 6.42 Å². The maximum absolute atomic E-state index is 4.88. The first-order chi connectivity index (χ1) is 17.7. The van der Waals surface area contributed by atoms with Gasteiger partial charge in [-0.25, -0.2) is 0 Å². The zero-order chi connectivity index (χ0) is 26.8. The molecule has 0 fully saturated rings. The van der Waals surface area contributed by atoms with Gasteiger partial charge in [0.25, 0.3) is 0 Å². The maximum atomic E-state index is 4.88. The molecule has 196 valence electrons. The molecule has 0 amide bonds. The van der Waals surface area contributed by atoms with E-state index in [2.05, 4.69) is 101 Å². The van der Waals surface area contributed by atoms with E-state index in [1.165, 1.54) is 22.3 Å². The molecule has 0 saturated heterocycles. The van der Waals surface area contributed by atoms with Gasteiger partial charge >= 0.3 is 0 Å². The normalized spacial score (nSPS) is 29.3. The fourth-order valence-electron chi connectivity index (χ4n) is 7.33. The lowest BCUT2D eigenvalue weighted by molar-refractivity contribution is 0.197. The molecule has 37 heavy (non-hydrogen) atoms. The average Bonchev–Trinajstić information content (AvgIpc) is 3.28. The van der Waals surface area contributed by atoms with E-state index in [0.29, 0.717) is 17.8 Å². The fourth-order valence-corrected chi connectivity index (χ4v) is 7.51. The molecular formula is C36H46S. The van der Waals surface area contributed by atoms with Crippen molar-refractivity contribution < 1.29 is 0 Å². The second kappa shape index (κ2) is 11.3. The number of allylic oxidation sites excluding steroid dienone is 13. The van der Waals surface area contributed by atoms with Gasteiger partial charge in [-0.05, 0) is 103 Å². The van der Waals surface area contributed by atoms with Crippen LogP contribution in [0.1, 0.15) is 72.1 Å². The van der Waals surface area contributed by atoms with Crippen LogP contribution in [0.4, 0.5) is 0 Å². The minimum absolute atomic E-state index is 0.0789. The third kappa shape index (κ3) is 4.86. The van der Waals surface area contributed by atoms with Crippen molar-refractivity contribution in [3.8, 4) is 0 Å². The van der Waals surface area contributed by atoms with Gasteiger partial charge in [-0.1, -0.05) is 92.8 Å². The van der Waals surface area contributed by atoms with Crippen LogP contribution >= 0.6 is 12.6 Å². The lowest BCUT2D eigenvalue weighted by Gasteiger charge is -2.52. The van der Waals surface area contributed by atoms with Gasteiger partial charge in [-0.2, -0.15) is 0 Å². The summed E-state index contributed by atoms with van der Waals surface area (Å²) in [5.74, 6) is 1.44. The highest BCUT2D eigenvalue weighted by Gasteiger charge is 2.53. The molecule has 0 spiro atoms. The lowest BCUT2D eigenvalue weighted by Crippen LogP contribution is -2.43. The topological polar surface area (TPSA) is 0 Å². The highest BCUT2D eigenvalue weighted by atomic mass is 32.1. The Morgan fingerprint density at radius 1 is 1.30 bits per heavy atom. The molecule has 0 saturated carbocycles. The Morgan fingerprint density at radius 2 is 2.03 bits per heavy atom. The van der Waals surface area contributed by atoms with Crippen LogP contribution in [0.2, 0.25) is 0 Å². The minimum atomic E-state index is -0.0789. The summed E-state index contributed by atoms with van der Waals surface area (Å²) in [7, 11) is 0. The maximum Gasteiger partial charge on any atom is 0.0514 e. The van der Waals surface area contributed by atoms with Crippen LogP contribution in [-0.4, -0.2) is 0 Å². The van der Waals surface area contributed by atoms with E-state index in [1.807, 2.05) is 0 Å². The van der Waals surface area contributed by atoms with Crippen molar-refractivity contribution in [1.82, 2.24) is 0 Å². The first kappa shape index (κ1) is 27.8. The molecule has 0 N–H and O–H groups in total. The molecule has 4 rings (SSSR count). The molecule has 0 aromatic heterocycles. The highest BCUT2D eigenvalue weighted by Crippen LogP contribution is 2.63. The monoisotopic (exact) mass is 510 g/mol. The summed E-state index contributed by atoms with van der Waals surface area (Å²) in [6.45, 7) is 25.0. The molecule has 0 nitrogen and oxygen atoms in total. The summed E-state index contributed by atoms with van der Waals surface area (Å²) in [6, 6.07) is 0. The molecule has 0 radical (unpaired) electrons. The number of hydrogen-bond donors (Lipinski definition) is 1. The van der Waals surface area contributed by atoms with Gasteiger partial charge in [0.2, 0.25) is 0 Å². The van der Waals surface area contributed by atoms with Gasteiger partial charge in [-0.3, -0.25) is 0 Å². The highest BCUT2D eigenvalue weighted by molar-refractivity contribution is 7.84. The van der Waals surface area contributed by atoms with Gasteiger partial charge < -0.3 is 0 Å². The van der Waals surface area contributed by atoms with Crippen molar-refractivity contribution in [1.29, 1.82) is 0 Å². The molecule has 1 heteroatoms. The lowest BCUT2D eigenvalue weighted by atomic mass is 9.50. The van der Waals surface area contributed by atoms with Gasteiger partial charge in [0.05, 0.1) is 5.41 Å². The van der Waals surface area contributed by atoms with E-state index < -0.39 is 0 Å². The molecule has 0 aromatic rings. The molecule has 0 bridgehead atoms. The fraction of sp³-hybridized carbons (Fsp3) is 0.472. The molecule has 0 heterocycles. The van der Waals surface area contributed by atoms with Crippen LogP contribution in [0.25, 0.3) is 0 Å². The van der Waals surface area contributed by atoms with Crippen LogP contribution in [0.15, 0.2) is 113 Å². The van der Waals surface area contributed by atoms with Crippen LogP contribution in [0, 0.1) is 34.5 Å². The molecule has 6 atom stereocenters. The van der Waals surface area contributed by atoms with Crippen molar-refractivity contribution in [3.63, 3.8) is 0 Å². The smallest absolute Gasteiger partial charge is 0.0514 e. The predicted octanol–water partition coefficient (Wildman–Crippen LogP) is 10.4. The van der Waals surface area contributed by atoms with Crippen molar-refractivity contribution in [3.05, 3.63) is 113 Å². The summed E-state index contributed by atoms with van der Waals surface area (Å²) in [6.07, 6.45) is 26.7. The van der Waals surface area contributed by atoms with Gasteiger partial charge in [0.1, 0.15) is 0 Å².